The third kappa shape index (κ3) is 3.78. The Balaban J connectivity index is 3.11. The highest BCUT2D eigenvalue weighted by atomic mass is 79.9. The van der Waals surface area contributed by atoms with Crippen LogP contribution in [-0.2, 0) is 4.79 Å². The standard InChI is InChI=1S/C10H8BrClF3NO2/c1-2-18-8-6(11)3-5(12)4-7(8)16-9(17)10(13,14)15/h3-4H,2H2,1H3,(H,16,17). The van der Waals surface area contributed by atoms with Gasteiger partial charge in [0, 0.05) is 5.02 Å². The molecule has 0 fully saturated rings. The van der Waals surface area contributed by atoms with Crippen LogP contribution in [0.2, 0.25) is 5.02 Å². The molecule has 18 heavy (non-hydrogen) atoms. The number of nitrogens with one attached hydrogen (secondary N) is 1. The van der Waals surface area contributed by atoms with Crippen LogP contribution in [0.3, 0.4) is 0 Å². The minimum atomic E-state index is -4.97. The van der Waals surface area contributed by atoms with E-state index < -0.39 is 12.1 Å². The summed E-state index contributed by atoms with van der Waals surface area (Å²) in [6, 6.07) is 2.64. The Labute approximate surface area is 114 Å². The number of hydrogen-bond acceptors (Lipinski definition) is 2. The predicted molar refractivity (Wildman–Crippen MR) is 65.0 cm³/mol. The van der Waals surface area contributed by atoms with Crippen LogP contribution in [-0.4, -0.2) is 18.7 Å². The first-order valence-electron chi connectivity index (χ1n) is 4.75. The van der Waals surface area contributed by atoms with Crippen LogP contribution >= 0.6 is 27.5 Å². The number of carbonyl (C=O) groups excluding carboxylic acids is 1. The molecule has 0 saturated carbocycles. The number of amides is 1. The maximum Gasteiger partial charge on any atom is 0.471 e. The van der Waals surface area contributed by atoms with Gasteiger partial charge in [0.2, 0.25) is 0 Å². The lowest BCUT2D eigenvalue weighted by atomic mass is 10.3. The average molecular weight is 347 g/mol. The van der Waals surface area contributed by atoms with Gasteiger partial charge in [-0.3, -0.25) is 4.79 Å². The van der Waals surface area contributed by atoms with Crippen LogP contribution in [0.15, 0.2) is 16.6 Å². The van der Waals surface area contributed by atoms with E-state index in [4.69, 9.17) is 16.3 Å². The average Bonchev–Trinajstić information content (AvgIpc) is 2.21. The molecule has 0 heterocycles. The van der Waals surface area contributed by atoms with E-state index in [1.807, 2.05) is 0 Å². The zero-order valence-corrected chi connectivity index (χ0v) is 11.4. The summed E-state index contributed by atoms with van der Waals surface area (Å²) in [5.74, 6) is -1.99. The molecule has 0 unspecified atom stereocenters. The van der Waals surface area contributed by atoms with E-state index >= 15 is 0 Å². The summed E-state index contributed by atoms with van der Waals surface area (Å²) >= 11 is 8.80. The van der Waals surface area contributed by atoms with E-state index in [0.29, 0.717) is 4.47 Å². The van der Waals surface area contributed by atoms with Crippen molar-refractivity contribution in [3.63, 3.8) is 0 Å². The van der Waals surface area contributed by atoms with E-state index in [1.54, 1.807) is 12.2 Å². The first-order chi connectivity index (χ1) is 8.25. The lowest BCUT2D eigenvalue weighted by Crippen LogP contribution is -2.30. The summed E-state index contributed by atoms with van der Waals surface area (Å²) in [6.07, 6.45) is -4.97. The monoisotopic (exact) mass is 345 g/mol. The van der Waals surface area contributed by atoms with Gasteiger partial charge in [-0.2, -0.15) is 13.2 Å². The molecule has 100 valence electrons. The van der Waals surface area contributed by atoms with Crippen molar-refractivity contribution in [1.29, 1.82) is 0 Å². The second-order valence-electron chi connectivity index (χ2n) is 3.15. The molecule has 0 bridgehead atoms. The summed E-state index contributed by atoms with van der Waals surface area (Å²) in [4.78, 5) is 10.9. The van der Waals surface area contributed by atoms with Gasteiger partial charge in [0.1, 0.15) is 0 Å². The van der Waals surface area contributed by atoms with Crippen molar-refractivity contribution in [1.82, 2.24) is 0 Å². The van der Waals surface area contributed by atoms with E-state index in [-0.39, 0.29) is 23.1 Å². The van der Waals surface area contributed by atoms with Gasteiger partial charge in [-0.15, -0.1) is 0 Å². The van der Waals surface area contributed by atoms with Crippen molar-refractivity contribution in [3.05, 3.63) is 21.6 Å². The fourth-order valence-electron chi connectivity index (χ4n) is 1.14. The van der Waals surface area contributed by atoms with Gasteiger partial charge in [0.25, 0.3) is 0 Å². The molecule has 0 radical (unpaired) electrons. The van der Waals surface area contributed by atoms with Crippen LogP contribution in [0.4, 0.5) is 18.9 Å². The Morgan fingerprint density at radius 1 is 1.50 bits per heavy atom. The van der Waals surface area contributed by atoms with Gasteiger partial charge in [-0.1, -0.05) is 11.6 Å². The first kappa shape index (κ1) is 15.1. The quantitative estimate of drug-likeness (QED) is 0.898. The summed E-state index contributed by atoms with van der Waals surface area (Å²) in [5, 5.41) is 1.88. The fourth-order valence-corrected chi connectivity index (χ4v) is 2.06. The Kier molecular flexibility index (Phi) is 4.86. The molecule has 1 N–H and O–H groups in total. The van der Waals surface area contributed by atoms with Crippen LogP contribution in [0.5, 0.6) is 5.75 Å². The number of ether oxygens (including phenoxy) is 1. The molecule has 1 amide bonds. The molecule has 1 rings (SSSR count). The molecule has 0 saturated heterocycles. The van der Waals surface area contributed by atoms with Crippen LogP contribution in [0, 0.1) is 0 Å². The second kappa shape index (κ2) is 5.79. The minimum absolute atomic E-state index is 0.0968. The molecular weight excluding hydrogens is 338 g/mol. The molecule has 0 aliphatic heterocycles. The minimum Gasteiger partial charge on any atom is -0.491 e. The number of anilines is 1. The van der Waals surface area contributed by atoms with E-state index in [1.165, 1.54) is 12.1 Å². The third-order valence-corrected chi connectivity index (χ3v) is 2.61. The zero-order valence-electron chi connectivity index (χ0n) is 9.07. The lowest BCUT2D eigenvalue weighted by Gasteiger charge is -2.14. The van der Waals surface area contributed by atoms with Gasteiger partial charge >= 0.3 is 12.1 Å². The number of alkyl halides is 3. The second-order valence-corrected chi connectivity index (χ2v) is 4.44. The first-order valence-corrected chi connectivity index (χ1v) is 5.92. The molecule has 3 nitrogen and oxygen atoms in total. The number of hydrogen-bond donors (Lipinski definition) is 1. The van der Waals surface area contributed by atoms with Gasteiger partial charge in [-0.05, 0) is 35.0 Å². The van der Waals surface area contributed by atoms with Crippen molar-refractivity contribution in [2.45, 2.75) is 13.1 Å². The Morgan fingerprint density at radius 2 is 2.11 bits per heavy atom. The number of halogens is 5. The molecule has 0 aromatic heterocycles. The fraction of sp³-hybridized carbons (Fsp3) is 0.300. The van der Waals surface area contributed by atoms with Crippen molar-refractivity contribution in [3.8, 4) is 5.75 Å². The summed E-state index contributed by atoms with van der Waals surface area (Å²) in [5.41, 5.74) is -0.140. The lowest BCUT2D eigenvalue weighted by molar-refractivity contribution is -0.167. The van der Waals surface area contributed by atoms with E-state index in [0.717, 1.165) is 0 Å². The Bertz CT molecular complexity index is 465. The summed E-state index contributed by atoms with van der Waals surface area (Å²) in [7, 11) is 0. The Hall–Kier alpha value is -0.950. The molecular formula is C10H8BrClF3NO2. The van der Waals surface area contributed by atoms with E-state index in [9.17, 15) is 18.0 Å². The predicted octanol–water partition coefficient (Wildman–Crippen LogP) is 4.00. The normalized spacial score (nSPS) is 11.2. The number of benzene rings is 1. The molecule has 0 atom stereocenters. The SMILES string of the molecule is CCOc1c(Br)cc(Cl)cc1NC(=O)C(F)(F)F. The highest BCUT2D eigenvalue weighted by molar-refractivity contribution is 9.10. The molecule has 0 aliphatic carbocycles. The molecule has 0 aliphatic rings. The van der Waals surface area contributed by atoms with Crippen LogP contribution in [0.1, 0.15) is 6.92 Å². The van der Waals surface area contributed by atoms with Crippen molar-refractivity contribution >= 4 is 39.1 Å². The third-order valence-electron chi connectivity index (χ3n) is 1.80. The molecule has 1 aromatic carbocycles. The Morgan fingerprint density at radius 3 is 2.61 bits per heavy atom. The van der Waals surface area contributed by atoms with Gasteiger partial charge in [0.15, 0.2) is 5.75 Å². The highest BCUT2D eigenvalue weighted by Crippen LogP contribution is 2.37. The summed E-state index contributed by atoms with van der Waals surface area (Å²) in [6.45, 7) is 1.89. The zero-order chi connectivity index (χ0) is 13.9. The van der Waals surface area contributed by atoms with Crippen LogP contribution < -0.4 is 10.1 Å². The van der Waals surface area contributed by atoms with Gasteiger partial charge in [0.05, 0.1) is 16.8 Å². The molecule has 1 aromatic rings. The largest absolute Gasteiger partial charge is 0.491 e. The molecule has 0 spiro atoms. The van der Waals surface area contributed by atoms with Gasteiger partial charge in [-0.25, -0.2) is 0 Å². The van der Waals surface area contributed by atoms with Crippen LogP contribution in [0.25, 0.3) is 0 Å². The smallest absolute Gasteiger partial charge is 0.471 e. The highest BCUT2D eigenvalue weighted by Gasteiger charge is 2.39. The summed E-state index contributed by atoms with van der Waals surface area (Å²) < 4.78 is 42.0. The topological polar surface area (TPSA) is 38.3 Å². The number of carbonyl (C=O) groups is 1. The van der Waals surface area contributed by atoms with Gasteiger partial charge < -0.3 is 10.1 Å². The maximum absolute atomic E-state index is 12.2. The van der Waals surface area contributed by atoms with Crippen molar-refractivity contribution < 1.29 is 22.7 Å². The maximum atomic E-state index is 12.2. The number of rotatable bonds is 3. The molecule has 8 heteroatoms. The van der Waals surface area contributed by atoms with E-state index in [2.05, 4.69) is 15.9 Å². The van der Waals surface area contributed by atoms with Crippen molar-refractivity contribution in [2.24, 2.45) is 0 Å². The van der Waals surface area contributed by atoms with Crippen molar-refractivity contribution in [2.75, 3.05) is 11.9 Å².